The topological polar surface area (TPSA) is 40.5 Å². The molecule has 0 aliphatic heterocycles. The van der Waals surface area contributed by atoms with Crippen molar-refractivity contribution in [1.29, 1.82) is 0 Å². The molecule has 2 atom stereocenters. The van der Waals surface area contributed by atoms with Crippen LogP contribution in [0.2, 0.25) is 0 Å². The fourth-order valence-corrected chi connectivity index (χ4v) is 3.74. The number of ether oxygens (including phenoxy) is 2. The number of halogens is 1. The molecule has 1 aromatic heterocycles. The van der Waals surface area contributed by atoms with Crippen LogP contribution >= 0.6 is 0 Å². The number of aromatic nitrogens is 1. The van der Waals surface area contributed by atoms with Gasteiger partial charge in [-0.05, 0) is 54.8 Å². The number of esters is 1. The summed E-state index contributed by atoms with van der Waals surface area (Å²) in [7, 11) is 0. The predicted molar refractivity (Wildman–Crippen MR) is 113 cm³/mol. The van der Waals surface area contributed by atoms with Gasteiger partial charge in [-0.15, -0.1) is 0 Å². The Labute approximate surface area is 176 Å². The van der Waals surface area contributed by atoms with Crippen molar-refractivity contribution in [2.45, 2.75) is 40.0 Å². The third kappa shape index (κ3) is 4.40. The highest BCUT2D eigenvalue weighted by Gasteiger charge is 2.65. The molecule has 1 heterocycles. The van der Waals surface area contributed by atoms with E-state index in [1.807, 2.05) is 36.9 Å². The maximum absolute atomic E-state index is 13.1. The molecule has 5 heteroatoms. The molecule has 0 saturated heterocycles. The zero-order chi connectivity index (χ0) is 21.3. The third-order valence-corrected chi connectivity index (χ3v) is 5.76. The van der Waals surface area contributed by atoms with E-state index in [0.29, 0.717) is 5.75 Å². The highest BCUT2D eigenvalue weighted by molar-refractivity contribution is 5.78. The van der Waals surface area contributed by atoms with E-state index in [9.17, 15) is 9.18 Å². The molecular weight excluding hydrogens is 381 g/mol. The molecule has 30 heavy (non-hydrogen) atoms. The molecule has 0 radical (unpaired) electrons. The minimum atomic E-state index is -0.342. The number of hydrogen-bond donors (Lipinski definition) is 0. The molecule has 0 amide bonds. The third-order valence-electron chi connectivity index (χ3n) is 5.76. The van der Waals surface area contributed by atoms with Gasteiger partial charge in [-0.1, -0.05) is 43.7 Å². The molecule has 0 bridgehead atoms. The lowest BCUT2D eigenvalue weighted by Gasteiger charge is -2.07. The first kappa shape index (κ1) is 20.2. The first-order valence-corrected chi connectivity index (χ1v) is 10.1. The summed E-state index contributed by atoms with van der Waals surface area (Å²) in [6.07, 6.45) is 4.47. The molecule has 4 rings (SSSR count). The van der Waals surface area contributed by atoms with Crippen LogP contribution in [0.1, 0.15) is 30.5 Å². The standard InChI is InChI=1S/C25H26FNO3/c1-17-4-6-18(7-5-17)14-19-12-13-27(15-19)16-29-24(28)22-23(25(22,2)3)30-21-10-8-20(26)9-11-21/h4-13,15,22-23H,14,16H2,1-3H3. The maximum atomic E-state index is 13.1. The van der Waals surface area contributed by atoms with E-state index in [2.05, 4.69) is 31.2 Å². The van der Waals surface area contributed by atoms with Crippen molar-refractivity contribution < 1.29 is 18.7 Å². The van der Waals surface area contributed by atoms with Crippen LogP contribution < -0.4 is 4.74 Å². The van der Waals surface area contributed by atoms with Crippen molar-refractivity contribution >= 4 is 5.97 Å². The summed E-state index contributed by atoms with van der Waals surface area (Å²) in [6, 6.07) is 16.3. The molecule has 156 valence electrons. The molecule has 1 fully saturated rings. The Kier molecular flexibility index (Phi) is 5.37. The largest absolute Gasteiger partial charge is 0.489 e. The second-order valence-corrected chi connectivity index (χ2v) is 8.58. The Balaban J connectivity index is 1.30. The minimum Gasteiger partial charge on any atom is -0.489 e. The Hall–Kier alpha value is -3.08. The normalized spacial score (nSPS) is 19.3. The average Bonchev–Trinajstić information content (AvgIpc) is 3.02. The Morgan fingerprint density at radius 1 is 1.03 bits per heavy atom. The van der Waals surface area contributed by atoms with E-state index in [0.717, 1.165) is 6.42 Å². The SMILES string of the molecule is Cc1ccc(Cc2ccn(COC(=O)C3C(Oc4ccc(F)cc4)C3(C)C)c2)cc1. The van der Waals surface area contributed by atoms with Gasteiger partial charge in [0.25, 0.3) is 0 Å². The van der Waals surface area contributed by atoms with Gasteiger partial charge in [-0.25, -0.2) is 4.39 Å². The predicted octanol–water partition coefficient (Wildman–Crippen LogP) is 5.13. The summed E-state index contributed by atoms with van der Waals surface area (Å²) in [6.45, 7) is 6.19. The summed E-state index contributed by atoms with van der Waals surface area (Å²) in [5, 5.41) is 0. The zero-order valence-corrected chi connectivity index (χ0v) is 17.5. The maximum Gasteiger partial charge on any atom is 0.315 e. The van der Waals surface area contributed by atoms with Crippen LogP contribution in [0.4, 0.5) is 4.39 Å². The fourth-order valence-electron chi connectivity index (χ4n) is 3.74. The highest BCUT2D eigenvalue weighted by Crippen LogP contribution is 2.54. The summed E-state index contributed by atoms with van der Waals surface area (Å²) < 4.78 is 26.4. The molecule has 1 aliphatic rings. The number of nitrogens with zero attached hydrogens (tertiary/aromatic N) is 1. The van der Waals surface area contributed by atoms with Gasteiger partial charge in [0.1, 0.15) is 23.6 Å². The quantitative estimate of drug-likeness (QED) is 0.510. The number of carbonyl (C=O) groups is 1. The van der Waals surface area contributed by atoms with Gasteiger partial charge in [0, 0.05) is 17.8 Å². The average molecular weight is 407 g/mol. The smallest absolute Gasteiger partial charge is 0.315 e. The molecule has 0 spiro atoms. The van der Waals surface area contributed by atoms with Crippen LogP contribution in [0.25, 0.3) is 0 Å². The van der Waals surface area contributed by atoms with Crippen molar-refractivity contribution in [1.82, 2.24) is 4.57 Å². The number of carbonyl (C=O) groups excluding carboxylic acids is 1. The van der Waals surface area contributed by atoms with E-state index < -0.39 is 0 Å². The molecule has 0 N–H and O–H groups in total. The van der Waals surface area contributed by atoms with Crippen LogP contribution in [-0.4, -0.2) is 16.6 Å². The molecular formula is C25H26FNO3. The van der Waals surface area contributed by atoms with Crippen molar-refractivity contribution in [2.75, 3.05) is 0 Å². The Morgan fingerprint density at radius 2 is 1.73 bits per heavy atom. The van der Waals surface area contributed by atoms with Gasteiger partial charge in [-0.3, -0.25) is 4.79 Å². The molecule has 2 aromatic carbocycles. The van der Waals surface area contributed by atoms with E-state index in [1.165, 1.54) is 28.8 Å². The van der Waals surface area contributed by atoms with E-state index >= 15 is 0 Å². The van der Waals surface area contributed by atoms with Gasteiger partial charge in [0.05, 0.1) is 0 Å². The van der Waals surface area contributed by atoms with Gasteiger partial charge >= 0.3 is 5.97 Å². The van der Waals surface area contributed by atoms with E-state index in [4.69, 9.17) is 9.47 Å². The second kappa shape index (κ2) is 7.98. The molecule has 1 saturated carbocycles. The van der Waals surface area contributed by atoms with Gasteiger partial charge in [0.2, 0.25) is 0 Å². The Bertz CT molecular complexity index is 1020. The lowest BCUT2D eigenvalue weighted by molar-refractivity contribution is -0.150. The molecule has 1 aliphatic carbocycles. The lowest BCUT2D eigenvalue weighted by Crippen LogP contribution is -2.14. The van der Waals surface area contributed by atoms with Crippen molar-refractivity contribution in [3.05, 3.63) is 89.5 Å². The number of hydrogen-bond acceptors (Lipinski definition) is 3. The lowest BCUT2D eigenvalue weighted by atomic mass is 10.1. The Morgan fingerprint density at radius 3 is 2.43 bits per heavy atom. The van der Waals surface area contributed by atoms with Crippen LogP contribution in [0.3, 0.4) is 0 Å². The minimum absolute atomic E-state index is 0.169. The molecule has 4 nitrogen and oxygen atoms in total. The summed E-state index contributed by atoms with van der Waals surface area (Å²) in [5.74, 6) is -0.385. The van der Waals surface area contributed by atoms with Crippen LogP contribution in [0, 0.1) is 24.1 Å². The van der Waals surface area contributed by atoms with Crippen LogP contribution in [0.5, 0.6) is 5.75 Å². The number of rotatable bonds is 7. The number of aryl methyl sites for hydroxylation is 1. The first-order valence-electron chi connectivity index (χ1n) is 10.1. The summed E-state index contributed by atoms with van der Waals surface area (Å²) in [4.78, 5) is 12.6. The highest BCUT2D eigenvalue weighted by atomic mass is 19.1. The van der Waals surface area contributed by atoms with Crippen molar-refractivity contribution in [2.24, 2.45) is 11.3 Å². The zero-order valence-electron chi connectivity index (χ0n) is 17.5. The number of benzene rings is 2. The van der Waals surface area contributed by atoms with Gasteiger partial charge in [-0.2, -0.15) is 0 Å². The summed E-state index contributed by atoms with van der Waals surface area (Å²) >= 11 is 0. The first-order chi connectivity index (χ1) is 14.3. The van der Waals surface area contributed by atoms with Crippen molar-refractivity contribution in [3.8, 4) is 5.75 Å². The second-order valence-electron chi connectivity index (χ2n) is 8.58. The fraction of sp³-hybridized carbons (Fsp3) is 0.320. The van der Waals surface area contributed by atoms with Crippen LogP contribution in [0.15, 0.2) is 67.0 Å². The van der Waals surface area contributed by atoms with E-state index in [1.54, 1.807) is 12.1 Å². The van der Waals surface area contributed by atoms with Gasteiger partial charge in [0.15, 0.2) is 6.73 Å². The molecule has 2 unspecified atom stereocenters. The van der Waals surface area contributed by atoms with Crippen molar-refractivity contribution in [3.63, 3.8) is 0 Å². The van der Waals surface area contributed by atoms with Gasteiger partial charge < -0.3 is 14.0 Å². The molecule has 3 aromatic rings. The van der Waals surface area contributed by atoms with E-state index in [-0.39, 0.29) is 36.0 Å². The van der Waals surface area contributed by atoms with Crippen LogP contribution in [-0.2, 0) is 22.7 Å². The monoisotopic (exact) mass is 407 g/mol. The summed E-state index contributed by atoms with van der Waals surface area (Å²) in [5.41, 5.74) is 3.33.